The molecule has 1 aromatic heterocycles. The molecule has 6 nitrogen and oxygen atoms in total. The summed E-state index contributed by atoms with van der Waals surface area (Å²) in [5, 5.41) is 9.88. The first-order valence-corrected chi connectivity index (χ1v) is 8.52. The number of nitrogens with zero attached hydrogens (tertiary/aromatic N) is 2. The molecule has 0 aliphatic rings. The summed E-state index contributed by atoms with van der Waals surface area (Å²) in [6.45, 7) is 4.26. The fourth-order valence-electron chi connectivity index (χ4n) is 2.09. The smallest absolute Gasteiger partial charge is 0.252 e. The Hall–Kier alpha value is -1.87. The second-order valence-corrected chi connectivity index (χ2v) is 5.62. The molecule has 0 saturated heterocycles. The van der Waals surface area contributed by atoms with Crippen LogP contribution in [0.2, 0.25) is 5.02 Å². The Morgan fingerprint density at radius 1 is 1.12 bits per heavy atom. The predicted octanol–water partition coefficient (Wildman–Crippen LogP) is 2.84. The molecule has 0 aliphatic heterocycles. The van der Waals surface area contributed by atoms with Crippen molar-refractivity contribution < 1.29 is 4.79 Å². The van der Waals surface area contributed by atoms with Gasteiger partial charge in [-0.15, -0.1) is 24.0 Å². The number of guanidine groups is 1. The molecule has 0 fully saturated rings. The molecule has 3 N–H and O–H groups in total. The van der Waals surface area contributed by atoms with Crippen molar-refractivity contribution in [3.63, 3.8) is 0 Å². The van der Waals surface area contributed by atoms with Crippen molar-refractivity contribution >= 4 is 47.4 Å². The van der Waals surface area contributed by atoms with Crippen LogP contribution < -0.4 is 16.0 Å². The van der Waals surface area contributed by atoms with Gasteiger partial charge in [-0.1, -0.05) is 29.8 Å². The first kappa shape index (κ1) is 22.2. The number of carbonyl (C=O) groups excluding carboxylic acids is 1. The Kier molecular flexibility index (Phi) is 10.6. The lowest BCUT2D eigenvalue weighted by atomic mass is 10.2. The van der Waals surface area contributed by atoms with E-state index < -0.39 is 0 Å². The van der Waals surface area contributed by atoms with Crippen LogP contribution in [0.4, 0.5) is 0 Å². The largest absolute Gasteiger partial charge is 0.357 e. The molecule has 0 atom stereocenters. The van der Waals surface area contributed by atoms with Gasteiger partial charge in [0.1, 0.15) is 0 Å². The maximum Gasteiger partial charge on any atom is 0.252 e. The third-order valence-corrected chi connectivity index (χ3v) is 3.71. The molecule has 8 heteroatoms. The number of nitrogens with one attached hydrogen (secondary N) is 3. The predicted molar refractivity (Wildman–Crippen MR) is 116 cm³/mol. The molecule has 0 bridgehead atoms. The molecule has 2 aromatic rings. The molecule has 2 rings (SSSR count). The minimum Gasteiger partial charge on any atom is -0.357 e. The maximum absolute atomic E-state index is 11.9. The molecule has 26 heavy (non-hydrogen) atoms. The topological polar surface area (TPSA) is 78.4 Å². The number of aliphatic imine (C=N–C) groups is 1. The summed E-state index contributed by atoms with van der Waals surface area (Å²) in [4.78, 5) is 20.4. The van der Waals surface area contributed by atoms with Gasteiger partial charge in [0.05, 0.1) is 12.1 Å². The number of hydrogen-bond acceptors (Lipinski definition) is 3. The van der Waals surface area contributed by atoms with Crippen molar-refractivity contribution in [3.05, 3.63) is 64.9 Å². The SMILES string of the molecule is CCNC(=NCc1ccccc1Cl)NCCNC(=O)c1cccnc1.I. The first-order chi connectivity index (χ1) is 12.2. The van der Waals surface area contributed by atoms with Gasteiger partial charge in [0.25, 0.3) is 5.91 Å². The zero-order valence-corrected chi connectivity index (χ0v) is 17.6. The van der Waals surface area contributed by atoms with Crippen LogP contribution in [0.25, 0.3) is 0 Å². The summed E-state index contributed by atoms with van der Waals surface area (Å²) in [5.41, 5.74) is 1.51. The number of carbonyl (C=O) groups is 1. The average molecular weight is 488 g/mol. The first-order valence-electron chi connectivity index (χ1n) is 8.14. The molecule has 0 unspecified atom stereocenters. The summed E-state index contributed by atoms with van der Waals surface area (Å²) in [5.74, 6) is 0.533. The third kappa shape index (κ3) is 7.57. The molecular weight excluding hydrogens is 465 g/mol. The van der Waals surface area contributed by atoms with E-state index in [0.717, 1.165) is 12.1 Å². The lowest BCUT2D eigenvalue weighted by molar-refractivity contribution is 0.0954. The lowest BCUT2D eigenvalue weighted by Gasteiger charge is -2.12. The number of aromatic nitrogens is 1. The fourth-order valence-corrected chi connectivity index (χ4v) is 2.28. The summed E-state index contributed by atoms with van der Waals surface area (Å²) in [6, 6.07) is 11.1. The number of rotatable bonds is 7. The molecule has 0 saturated carbocycles. The highest BCUT2D eigenvalue weighted by atomic mass is 127. The van der Waals surface area contributed by atoms with Crippen LogP contribution in [0.3, 0.4) is 0 Å². The number of benzene rings is 1. The van der Waals surface area contributed by atoms with E-state index in [1.54, 1.807) is 18.3 Å². The normalized spacial score (nSPS) is 10.6. The van der Waals surface area contributed by atoms with Gasteiger partial charge in [0.15, 0.2) is 5.96 Å². The van der Waals surface area contributed by atoms with Crippen LogP contribution in [-0.4, -0.2) is 36.5 Å². The van der Waals surface area contributed by atoms with Crippen LogP contribution in [0.1, 0.15) is 22.8 Å². The van der Waals surface area contributed by atoms with Gasteiger partial charge in [-0.3, -0.25) is 9.78 Å². The number of pyridine rings is 1. The van der Waals surface area contributed by atoms with Crippen molar-refractivity contribution in [1.82, 2.24) is 20.9 Å². The van der Waals surface area contributed by atoms with Crippen molar-refractivity contribution in [1.29, 1.82) is 0 Å². The van der Waals surface area contributed by atoms with E-state index >= 15 is 0 Å². The highest BCUT2D eigenvalue weighted by Gasteiger charge is 2.04. The maximum atomic E-state index is 11.9. The third-order valence-electron chi connectivity index (χ3n) is 3.34. The highest BCUT2D eigenvalue weighted by molar-refractivity contribution is 14.0. The van der Waals surface area contributed by atoms with Crippen molar-refractivity contribution in [2.75, 3.05) is 19.6 Å². The second-order valence-electron chi connectivity index (χ2n) is 5.21. The summed E-state index contributed by atoms with van der Waals surface area (Å²) < 4.78 is 0. The monoisotopic (exact) mass is 487 g/mol. The van der Waals surface area contributed by atoms with Gasteiger partial charge >= 0.3 is 0 Å². The van der Waals surface area contributed by atoms with E-state index in [1.807, 2.05) is 31.2 Å². The van der Waals surface area contributed by atoms with Crippen LogP contribution in [0.15, 0.2) is 53.8 Å². The second kappa shape index (κ2) is 12.5. The quantitative estimate of drug-likeness (QED) is 0.243. The van der Waals surface area contributed by atoms with Crippen molar-refractivity contribution in [2.24, 2.45) is 4.99 Å². The summed E-state index contributed by atoms with van der Waals surface area (Å²) >= 11 is 6.14. The fraction of sp³-hybridized carbons (Fsp3) is 0.278. The van der Waals surface area contributed by atoms with Gasteiger partial charge in [-0.2, -0.15) is 0 Å². The molecule has 1 aromatic carbocycles. The van der Waals surface area contributed by atoms with Crippen LogP contribution in [0.5, 0.6) is 0 Å². The van der Waals surface area contributed by atoms with Gasteiger partial charge in [0.2, 0.25) is 0 Å². The van der Waals surface area contributed by atoms with Gasteiger partial charge in [-0.25, -0.2) is 4.99 Å². The number of hydrogen-bond donors (Lipinski definition) is 3. The van der Waals surface area contributed by atoms with Gasteiger partial charge in [-0.05, 0) is 30.7 Å². The Morgan fingerprint density at radius 3 is 2.58 bits per heavy atom. The van der Waals surface area contributed by atoms with E-state index in [9.17, 15) is 4.79 Å². The van der Waals surface area contributed by atoms with E-state index in [0.29, 0.717) is 36.2 Å². The van der Waals surface area contributed by atoms with Crippen LogP contribution >= 0.6 is 35.6 Å². The van der Waals surface area contributed by atoms with E-state index in [2.05, 4.69) is 25.9 Å². The molecule has 1 amide bonds. The summed E-state index contributed by atoms with van der Waals surface area (Å²) in [7, 11) is 0. The zero-order chi connectivity index (χ0) is 17.9. The minimum atomic E-state index is -0.145. The van der Waals surface area contributed by atoms with Gasteiger partial charge in [0, 0.05) is 37.1 Å². The molecule has 0 spiro atoms. The molecule has 0 aliphatic carbocycles. The highest BCUT2D eigenvalue weighted by Crippen LogP contribution is 2.15. The van der Waals surface area contributed by atoms with Crippen LogP contribution in [0, 0.1) is 0 Å². The Labute approximate surface area is 175 Å². The lowest BCUT2D eigenvalue weighted by Crippen LogP contribution is -2.41. The molecular formula is C18H23ClIN5O. The Morgan fingerprint density at radius 2 is 1.88 bits per heavy atom. The molecule has 0 radical (unpaired) electrons. The average Bonchev–Trinajstić information content (AvgIpc) is 2.64. The van der Waals surface area contributed by atoms with E-state index in [1.165, 1.54) is 6.20 Å². The molecule has 140 valence electrons. The minimum absolute atomic E-state index is 0. The molecule has 1 heterocycles. The zero-order valence-electron chi connectivity index (χ0n) is 14.5. The van der Waals surface area contributed by atoms with Gasteiger partial charge < -0.3 is 16.0 Å². The summed E-state index contributed by atoms with van der Waals surface area (Å²) in [6.07, 6.45) is 3.17. The van der Waals surface area contributed by atoms with Crippen molar-refractivity contribution in [2.45, 2.75) is 13.5 Å². The van der Waals surface area contributed by atoms with Crippen LogP contribution in [-0.2, 0) is 6.54 Å². The van der Waals surface area contributed by atoms with E-state index in [4.69, 9.17) is 11.6 Å². The standard InChI is InChI=1S/C18H22ClN5O.HI/c1-2-21-18(24-13-14-6-3-4-8-16(14)19)23-11-10-22-17(25)15-7-5-9-20-12-15;/h3-9,12H,2,10-11,13H2,1H3,(H,22,25)(H2,21,23,24);1H. The number of amides is 1. The Bertz CT molecular complexity index is 712. The van der Waals surface area contributed by atoms with E-state index in [-0.39, 0.29) is 29.9 Å². The number of halogens is 2. The Balaban J connectivity index is 0.00000338. The van der Waals surface area contributed by atoms with Crippen molar-refractivity contribution in [3.8, 4) is 0 Å².